The fraction of sp³-hybridized carbons (Fsp3) is 0.182. The Kier molecular flexibility index (Phi) is 5.95. The maximum absolute atomic E-state index is 12.6. The van der Waals surface area contributed by atoms with Gasteiger partial charge in [0.25, 0.3) is 5.56 Å². The minimum Gasteiger partial charge on any atom is -0.497 e. The second-order valence-corrected chi connectivity index (χ2v) is 8.10. The molecule has 2 heterocycles. The molecule has 0 spiro atoms. The Labute approximate surface area is 191 Å². The smallest absolute Gasteiger partial charge is 0.329 e. The Morgan fingerprint density at radius 3 is 2.66 bits per heavy atom. The monoisotopic (exact) mass is 496 g/mol. The zero-order valence-electron chi connectivity index (χ0n) is 17.7. The summed E-state index contributed by atoms with van der Waals surface area (Å²) in [6.07, 6.45) is 0. The summed E-state index contributed by atoms with van der Waals surface area (Å²) in [5.41, 5.74) is 5.06. The Balaban J connectivity index is 1.78. The number of methoxy groups -OCH3 is 1. The molecule has 4 rings (SSSR count). The molecule has 2 N–H and O–H groups in total. The summed E-state index contributed by atoms with van der Waals surface area (Å²) in [6.45, 7) is 2.22. The van der Waals surface area contributed by atoms with Gasteiger partial charge in [-0.2, -0.15) is 10.1 Å². The van der Waals surface area contributed by atoms with Crippen LogP contribution in [0.15, 0.2) is 67.7 Å². The van der Waals surface area contributed by atoms with Crippen LogP contribution in [0.5, 0.6) is 5.75 Å². The Bertz CT molecular complexity index is 1430. The highest BCUT2D eigenvalue weighted by atomic mass is 79.9. The number of rotatable bonds is 6. The molecule has 0 saturated carbocycles. The van der Waals surface area contributed by atoms with Gasteiger partial charge < -0.3 is 4.74 Å². The first-order valence-corrected chi connectivity index (χ1v) is 10.6. The molecule has 0 radical (unpaired) electrons. The fourth-order valence-corrected chi connectivity index (χ4v) is 3.77. The van der Waals surface area contributed by atoms with Crippen LogP contribution in [0.2, 0.25) is 0 Å². The van der Waals surface area contributed by atoms with Crippen molar-refractivity contribution in [2.45, 2.75) is 13.5 Å². The highest BCUT2D eigenvalue weighted by molar-refractivity contribution is 9.10. The molecule has 9 nitrogen and oxygen atoms in total. The summed E-state index contributed by atoms with van der Waals surface area (Å²) >= 11 is 3.47. The van der Waals surface area contributed by atoms with Gasteiger partial charge in [-0.05, 0) is 54.4 Å². The van der Waals surface area contributed by atoms with E-state index in [1.165, 1.54) is 4.57 Å². The molecule has 0 aliphatic heterocycles. The van der Waals surface area contributed by atoms with Crippen LogP contribution in [0.25, 0.3) is 11.2 Å². The molecule has 164 valence electrons. The number of ether oxygens (including phenoxy) is 1. The second kappa shape index (κ2) is 8.83. The number of hydrogen-bond donors (Lipinski definition) is 2. The third-order valence-electron chi connectivity index (χ3n) is 5.07. The molecule has 0 unspecified atom stereocenters. The quantitative estimate of drug-likeness (QED) is 0.315. The molecule has 32 heavy (non-hydrogen) atoms. The van der Waals surface area contributed by atoms with Crippen LogP contribution in [-0.2, 0) is 13.6 Å². The fourth-order valence-electron chi connectivity index (χ4n) is 3.32. The van der Waals surface area contributed by atoms with E-state index < -0.39 is 11.2 Å². The van der Waals surface area contributed by atoms with E-state index in [0.717, 1.165) is 27.1 Å². The number of halogens is 1. The SMILES string of the molecule is COc1ccc(/C(C)=N\Nc2nc3c(c(=O)[nH]c(=O)n3C)n2Cc2cccc(Br)c2)cc1. The Morgan fingerprint density at radius 1 is 1.22 bits per heavy atom. The van der Waals surface area contributed by atoms with Crippen molar-refractivity contribution < 1.29 is 4.74 Å². The Morgan fingerprint density at radius 2 is 1.97 bits per heavy atom. The zero-order chi connectivity index (χ0) is 22.8. The predicted molar refractivity (Wildman–Crippen MR) is 128 cm³/mol. The predicted octanol–water partition coefficient (Wildman–Crippen LogP) is 3.08. The highest BCUT2D eigenvalue weighted by Gasteiger charge is 2.17. The topological polar surface area (TPSA) is 106 Å². The van der Waals surface area contributed by atoms with Crippen molar-refractivity contribution >= 4 is 38.8 Å². The van der Waals surface area contributed by atoms with E-state index in [0.29, 0.717) is 12.5 Å². The number of aromatic amines is 1. The molecule has 0 amide bonds. The van der Waals surface area contributed by atoms with Crippen molar-refractivity contribution in [1.29, 1.82) is 0 Å². The number of hydrazone groups is 1. The highest BCUT2D eigenvalue weighted by Crippen LogP contribution is 2.20. The van der Waals surface area contributed by atoms with Crippen molar-refractivity contribution in [2.24, 2.45) is 12.1 Å². The molecule has 2 aromatic heterocycles. The summed E-state index contributed by atoms with van der Waals surface area (Å²) in [5, 5.41) is 4.45. The number of fused-ring (bicyclic) bond motifs is 1. The third kappa shape index (κ3) is 4.22. The second-order valence-electron chi connectivity index (χ2n) is 7.18. The van der Waals surface area contributed by atoms with Crippen molar-refractivity contribution in [2.75, 3.05) is 12.5 Å². The van der Waals surface area contributed by atoms with Crippen molar-refractivity contribution in [3.63, 3.8) is 0 Å². The molecular formula is C22H21BrN6O3. The van der Waals surface area contributed by atoms with Crippen LogP contribution < -0.4 is 21.4 Å². The molecule has 0 atom stereocenters. The lowest BCUT2D eigenvalue weighted by Gasteiger charge is -2.09. The number of anilines is 1. The molecule has 4 aromatic rings. The number of aryl methyl sites for hydroxylation is 1. The number of H-pyrrole nitrogens is 1. The molecule has 2 aromatic carbocycles. The first-order chi connectivity index (χ1) is 15.4. The van der Waals surface area contributed by atoms with Gasteiger partial charge in [-0.15, -0.1) is 0 Å². The number of nitrogens with zero attached hydrogens (tertiary/aromatic N) is 4. The van der Waals surface area contributed by atoms with Crippen molar-refractivity contribution in [1.82, 2.24) is 19.1 Å². The third-order valence-corrected chi connectivity index (χ3v) is 5.56. The molecule has 0 aliphatic carbocycles. The molecule has 0 saturated heterocycles. The van der Waals surface area contributed by atoms with Gasteiger partial charge in [-0.25, -0.2) is 10.2 Å². The normalized spacial score (nSPS) is 11.7. The lowest BCUT2D eigenvalue weighted by molar-refractivity contribution is 0.415. The molecule has 0 bridgehead atoms. The average molecular weight is 497 g/mol. The largest absolute Gasteiger partial charge is 0.497 e. The van der Waals surface area contributed by atoms with Crippen LogP contribution in [0.1, 0.15) is 18.1 Å². The van der Waals surface area contributed by atoms with E-state index in [4.69, 9.17) is 4.74 Å². The van der Waals surface area contributed by atoms with E-state index >= 15 is 0 Å². The number of benzene rings is 2. The summed E-state index contributed by atoms with van der Waals surface area (Å²) in [5.74, 6) is 1.10. The number of hydrogen-bond acceptors (Lipinski definition) is 6. The standard InChI is InChI=1S/C22H21BrN6O3/c1-13(15-7-9-17(32-3)10-8-15)26-27-21-24-19-18(20(30)25-22(31)28(19)2)29(21)12-14-5-4-6-16(23)11-14/h4-11H,12H2,1-3H3,(H,24,27)(H,25,30,31)/b26-13-. The minimum absolute atomic E-state index is 0.272. The molecule has 10 heteroatoms. The van der Waals surface area contributed by atoms with E-state index in [1.807, 2.05) is 55.5 Å². The number of nitrogens with one attached hydrogen (secondary N) is 2. The molecule has 0 aliphatic rings. The van der Waals surface area contributed by atoms with Crippen molar-refractivity contribution in [3.8, 4) is 5.75 Å². The van der Waals surface area contributed by atoms with Crippen LogP contribution in [0.3, 0.4) is 0 Å². The molecule has 0 fully saturated rings. The van der Waals surface area contributed by atoms with Gasteiger partial charge in [0.2, 0.25) is 5.95 Å². The zero-order valence-corrected chi connectivity index (χ0v) is 19.3. The Hall–Kier alpha value is -3.66. The van der Waals surface area contributed by atoms with Gasteiger partial charge in [-0.1, -0.05) is 28.1 Å². The minimum atomic E-state index is -0.529. The van der Waals surface area contributed by atoms with Crippen LogP contribution in [0, 0.1) is 0 Å². The lowest BCUT2D eigenvalue weighted by Crippen LogP contribution is -2.29. The van der Waals surface area contributed by atoms with Crippen molar-refractivity contribution in [3.05, 3.63) is 85.0 Å². The molecular weight excluding hydrogens is 476 g/mol. The van der Waals surface area contributed by atoms with Gasteiger partial charge in [0.1, 0.15) is 5.75 Å². The summed E-state index contributed by atoms with van der Waals surface area (Å²) in [4.78, 5) is 31.6. The summed E-state index contributed by atoms with van der Waals surface area (Å²) in [7, 11) is 3.18. The van der Waals surface area contributed by atoms with Crippen LogP contribution in [0.4, 0.5) is 5.95 Å². The summed E-state index contributed by atoms with van der Waals surface area (Å²) < 4.78 is 9.13. The van der Waals surface area contributed by atoms with Gasteiger partial charge in [0, 0.05) is 11.5 Å². The van der Waals surface area contributed by atoms with Gasteiger partial charge in [0.15, 0.2) is 11.2 Å². The van der Waals surface area contributed by atoms with Gasteiger partial charge in [0.05, 0.1) is 19.4 Å². The lowest BCUT2D eigenvalue weighted by atomic mass is 10.1. The van der Waals surface area contributed by atoms with E-state index in [2.05, 4.69) is 36.4 Å². The van der Waals surface area contributed by atoms with Crippen LogP contribution in [-0.4, -0.2) is 31.9 Å². The first kappa shape index (κ1) is 21.6. The maximum atomic E-state index is 12.6. The van der Waals surface area contributed by atoms with Gasteiger partial charge >= 0.3 is 5.69 Å². The van der Waals surface area contributed by atoms with Gasteiger partial charge in [-0.3, -0.25) is 18.9 Å². The van der Waals surface area contributed by atoms with E-state index in [-0.39, 0.29) is 11.2 Å². The van der Waals surface area contributed by atoms with E-state index in [1.54, 1.807) is 18.7 Å². The summed E-state index contributed by atoms with van der Waals surface area (Å²) in [6, 6.07) is 15.3. The van der Waals surface area contributed by atoms with E-state index in [9.17, 15) is 9.59 Å². The van der Waals surface area contributed by atoms with Crippen LogP contribution >= 0.6 is 15.9 Å². The average Bonchev–Trinajstić information content (AvgIpc) is 3.14. The number of imidazole rings is 1. The maximum Gasteiger partial charge on any atom is 0.329 e. The number of aromatic nitrogens is 4. The first-order valence-electron chi connectivity index (χ1n) is 9.76.